The predicted octanol–water partition coefficient (Wildman–Crippen LogP) is 4.49. The predicted molar refractivity (Wildman–Crippen MR) is 131 cm³/mol. The van der Waals surface area contributed by atoms with Gasteiger partial charge >= 0.3 is 0 Å². The van der Waals surface area contributed by atoms with E-state index in [9.17, 15) is 4.79 Å². The molecule has 0 fully saturated rings. The summed E-state index contributed by atoms with van der Waals surface area (Å²) >= 11 is 0. The zero-order valence-corrected chi connectivity index (χ0v) is 18.7. The highest BCUT2D eigenvalue weighted by atomic mass is 16.5. The van der Waals surface area contributed by atoms with Crippen molar-refractivity contribution in [3.05, 3.63) is 103 Å². The number of ether oxygens (including phenoxy) is 1. The van der Waals surface area contributed by atoms with Crippen LogP contribution in [0.4, 0.5) is 0 Å². The first-order valence-corrected chi connectivity index (χ1v) is 11.0. The summed E-state index contributed by atoms with van der Waals surface area (Å²) in [5.74, 6) is 0.125. The van der Waals surface area contributed by atoms with Gasteiger partial charge in [-0.3, -0.25) is 9.78 Å². The molecule has 2 aromatic carbocycles. The fourth-order valence-corrected chi connectivity index (χ4v) is 3.83. The van der Waals surface area contributed by atoms with Crippen LogP contribution in [0.5, 0.6) is 5.88 Å². The molecule has 7 nitrogen and oxygen atoms in total. The van der Waals surface area contributed by atoms with Gasteiger partial charge in [-0.05, 0) is 41.8 Å². The van der Waals surface area contributed by atoms with Crippen LogP contribution in [0.15, 0.2) is 91.3 Å². The van der Waals surface area contributed by atoms with Crippen molar-refractivity contribution in [2.24, 2.45) is 0 Å². The number of para-hydroxylation sites is 1. The molecule has 0 aliphatic heterocycles. The maximum Gasteiger partial charge on any atom is 0.258 e. The van der Waals surface area contributed by atoms with Gasteiger partial charge in [-0.15, -0.1) is 0 Å². The molecule has 0 saturated carbocycles. The monoisotopic (exact) mass is 449 g/mol. The second kappa shape index (κ2) is 9.54. The van der Waals surface area contributed by atoms with Crippen LogP contribution < -0.4 is 10.1 Å². The highest BCUT2D eigenvalue weighted by Gasteiger charge is 2.18. The molecule has 5 aromatic rings. The molecule has 0 spiro atoms. The van der Waals surface area contributed by atoms with Crippen LogP contribution in [0, 0.1) is 6.92 Å². The molecule has 0 radical (unpaired) electrons. The maximum atomic E-state index is 12.4. The molecule has 0 saturated heterocycles. The Kier molecular flexibility index (Phi) is 5.99. The summed E-state index contributed by atoms with van der Waals surface area (Å²) in [6, 6.07) is 25.5. The number of carbonyl (C=O) groups excluding carboxylic acids is 1. The lowest BCUT2D eigenvalue weighted by molar-refractivity contribution is -0.123. The van der Waals surface area contributed by atoms with Crippen molar-refractivity contribution in [3.63, 3.8) is 0 Å². The Labute approximate surface area is 197 Å². The number of rotatable bonds is 7. The van der Waals surface area contributed by atoms with Gasteiger partial charge in [0.1, 0.15) is 0 Å². The molecule has 0 aliphatic rings. The zero-order chi connectivity index (χ0) is 23.3. The average Bonchev–Trinajstić information content (AvgIpc) is 3.23. The number of carbonyl (C=O) groups is 1. The number of fused-ring (bicyclic) bond motifs is 1. The van der Waals surface area contributed by atoms with E-state index in [1.54, 1.807) is 12.4 Å². The fraction of sp³-hybridized carbons (Fsp3) is 0.111. The molecule has 168 valence electrons. The Balaban J connectivity index is 1.47. The summed E-state index contributed by atoms with van der Waals surface area (Å²) in [6.07, 6.45) is 3.41. The zero-order valence-electron chi connectivity index (χ0n) is 18.7. The van der Waals surface area contributed by atoms with E-state index in [0.29, 0.717) is 18.1 Å². The summed E-state index contributed by atoms with van der Waals surface area (Å²) in [6.45, 7) is 2.21. The summed E-state index contributed by atoms with van der Waals surface area (Å²) in [4.78, 5) is 21.2. The molecule has 7 heteroatoms. The van der Waals surface area contributed by atoms with Crippen LogP contribution >= 0.6 is 0 Å². The normalized spacial score (nSPS) is 10.9. The molecular weight excluding hydrogens is 426 g/mol. The summed E-state index contributed by atoms with van der Waals surface area (Å²) in [5, 5.41) is 8.55. The summed E-state index contributed by atoms with van der Waals surface area (Å²) < 4.78 is 7.66. The number of aromatic nitrogens is 4. The number of nitrogens with zero attached hydrogens (tertiary/aromatic N) is 4. The van der Waals surface area contributed by atoms with E-state index in [0.717, 1.165) is 33.5 Å². The van der Waals surface area contributed by atoms with Gasteiger partial charge in [-0.25, -0.2) is 4.68 Å². The fourth-order valence-electron chi connectivity index (χ4n) is 3.83. The minimum absolute atomic E-state index is 0.147. The van der Waals surface area contributed by atoms with Crippen molar-refractivity contribution in [2.75, 3.05) is 6.61 Å². The van der Waals surface area contributed by atoms with Crippen molar-refractivity contribution in [2.45, 2.75) is 13.5 Å². The lowest BCUT2D eigenvalue weighted by Crippen LogP contribution is -2.28. The minimum Gasteiger partial charge on any atom is -0.467 e. The van der Waals surface area contributed by atoms with E-state index < -0.39 is 0 Å². The second-order valence-electron chi connectivity index (χ2n) is 7.83. The number of benzene rings is 2. The Morgan fingerprint density at radius 2 is 1.76 bits per heavy atom. The molecule has 0 unspecified atom stereocenters. The molecule has 3 heterocycles. The topological polar surface area (TPSA) is 81.9 Å². The molecule has 5 rings (SSSR count). The van der Waals surface area contributed by atoms with Crippen LogP contribution in [0.3, 0.4) is 0 Å². The maximum absolute atomic E-state index is 12.4. The molecule has 3 aromatic heterocycles. The van der Waals surface area contributed by atoms with Gasteiger partial charge in [-0.2, -0.15) is 10.1 Å². The third-order valence-corrected chi connectivity index (χ3v) is 5.44. The van der Waals surface area contributed by atoms with Crippen LogP contribution in [0.25, 0.3) is 27.8 Å². The molecule has 0 atom stereocenters. The Morgan fingerprint density at radius 1 is 1.00 bits per heavy atom. The van der Waals surface area contributed by atoms with Gasteiger partial charge in [0.2, 0.25) is 5.88 Å². The van der Waals surface area contributed by atoms with Crippen molar-refractivity contribution < 1.29 is 9.53 Å². The SMILES string of the molecule is Cc1nn(-c2ccccc2)c2nc(OCC(=O)NCc3cccnc3)cc(-c3ccccc3)c12. The van der Waals surface area contributed by atoms with E-state index >= 15 is 0 Å². The van der Waals surface area contributed by atoms with Gasteiger partial charge in [0.05, 0.1) is 16.8 Å². The van der Waals surface area contributed by atoms with Crippen molar-refractivity contribution in [1.82, 2.24) is 25.1 Å². The minimum atomic E-state index is -0.236. The van der Waals surface area contributed by atoms with Crippen LogP contribution in [0.1, 0.15) is 11.3 Å². The van der Waals surface area contributed by atoms with Crippen LogP contribution in [-0.4, -0.2) is 32.3 Å². The quantitative estimate of drug-likeness (QED) is 0.396. The first kappa shape index (κ1) is 21.3. The van der Waals surface area contributed by atoms with Gasteiger partial charge in [0, 0.05) is 25.0 Å². The Hall–Kier alpha value is -4.52. The van der Waals surface area contributed by atoms with Gasteiger partial charge in [-0.1, -0.05) is 54.6 Å². The van der Waals surface area contributed by atoms with E-state index in [4.69, 9.17) is 14.8 Å². The first-order valence-electron chi connectivity index (χ1n) is 11.0. The van der Waals surface area contributed by atoms with Crippen molar-refractivity contribution >= 4 is 16.9 Å². The van der Waals surface area contributed by atoms with Crippen molar-refractivity contribution in [3.8, 4) is 22.7 Å². The first-order chi connectivity index (χ1) is 16.7. The number of hydrogen-bond acceptors (Lipinski definition) is 5. The standard InChI is InChI=1S/C27H23N5O2/c1-19-26-23(21-10-4-2-5-11-21)15-25(30-27(26)32(31-19)22-12-6-3-7-13-22)34-18-24(33)29-17-20-9-8-14-28-16-20/h2-16H,17-18H2,1H3,(H,29,33). The number of nitrogens with one attached hydrogen (secondary N) is 1. The number of aryl methyl sites for hydroxylation is 1. The third kappa shape index (κ3) is 4.49. The smallest absolute Gasteiger partial charge is 0.258 e. The Bertz CT molecular complexity index is 1420. The highest BCUT2D eigenvalue weighted by molar-refractivity contribution is 5.96. The molecule has 0 bridgehead atoms. The highest BCUT2D eigenvalue weighted by Crippen LogP contribution is 2.34. The van der Waals surface area contributed by atoms with E-state index in [1.165, 1.54) is 0 Å². The lowest BCUT2D eigenvalue weighted by atomic mass is 10.0. The van der Waals surface area contributed by atoms with Gasteiger partial charge in [0.25, 0.3) is 5.91 Å². The molecule has 1 amide bonds. The van der Waals surface area contributed by atoms with Gasteiger partial charge in [0.15, 0.2) is 12.3 Å². The number of amides is 1. The summed E-state index contributed by atoms with van der Waals surface area (Å²) in [7, 11) is 0. The van der Waals surface area contributed by atoms with E-state index in [1.807, 2.05) is 90.5 Å². The molecule has 0 aliphatic carbocycles. The largest absolute Gasteiger partial charge is 0.467 e. The van der Waals surface area contributed by atoms with Crippen LogP contribution in [-0.2, 0) is 11.3 Å². The lowest BCUT2D eigenvalue weighted by Gasteiger charge is -2.11. The molecule has 34 heavy (non-hydrogen) atoms. The molecular formula is C27H23N5O2. The van der Waals surface area contributed by atoms with Crippen molar-refractivity contribution in [1.29, 1.82) is 0 Å². The number of pyridine rings is 2. The number of hydrogen-bond donors (Lipinski definition) is 1. The third-order valence-electron chi connectivity index (χ3n) is 5.44. The van der Waals surface area contributed by atoms with E-state index in [2.05, 4.69) is 10.3 Å². The summed E-state index contributed by atoms with van der Waals surface area (Å²) in [5.41, 5.74) is 5.34. The van der Waals surface area contributed by atoms with Gasteiger partial charge < -0.3 is 10.1 Å². The van der Waals surface area contributed by atoms with E-state index in [-0.39, 0.29) is 12.5 Å². The van der Waals surface area contributed by atoms with Crippen LogP contribution in [0.2, 0.25) is 0 Å². The Morgan fingerprint density at radius 3 is 2.50 bits per heavy atom. The second-order valence-corrected chi connectivity index (χ2v) is 7.83. The molecule has 1 N–H and O–H groups in total. The average molecular weight is 450 g/mol.